The van der Waals surface area contributed by atoms with E-state index in [4.69, 9.17) is 15.7 Å². The van der Waals surface area contributed by atoms with Gasteiger partial charge in [0.05, 0.1) is 18.4 Å². The fourth-order valence-corrected chi connectivity index (χ4v) is 1.56. The Kier molecular flexibility index (Phi) is 3.43. The number of hydrogen-bond acceptors (Lipinski definition) is 7. The minimum absolute atomic E-state index is 0.0421. The van der Waals surface area contributed by atoms with Gasteiger partial charge in [0.15, 0.2) is 0 Å². The van der Waals surface area contributed by atoms with Gasteiger partial charge in [0.2, 0.25) is 11.9 Å². The van der Waals surface area contributed by atoms with Crippen LogP contribution in [0.4, 0.5) is 17.6 Å². The van der Waals surface area contributed by atoms with Crippen molar-refractivity contribution in [1.82, 2.24) is 15.0 Å². The van der Waals surface area contributed by atoms with Crippen molar-refractivity contribution >= 4 is 17.6 Å². The van der Waals surface area contributed by atoms with E-state index in [0.717, 1.165) is 5.56 Å². The predicted octanol–water partition coefficient (Wildman–Crippen LogP) is 1.39. The number of nitrogens with zero attached hydrogens (tertiary/aromatic N) is 4. The summed E-state index contributed by atoms with van der Waals surface area (Å²) < 4.78 is 4.91. The number of aryl methyl sites for hydroxylation is 1. The maximum absolute atomic E-state index is 9.14. The average Bonchev–Trinajstić information content (AvgIpc) is 2.38. The number of rotatable bonds is 3. The van der Waals surface area contributed by atoms with Crippen LogP contribution in [0.25, 0.3) is 0 Å². The minimum Gasteiger partial charge on any atom is -0.467 e. The lowest BCUT2D eigenvalue weighted by molar-refractivity contribution is 0.380. The topological polar surface area (TPSA) is 110 Å². The van der Waals surface area contributed by atoms with Crippen LogP contribution in [0, 0.1) is 18.3 Å². The van der Waals surface area contributed by atoms with Crippen LogP contribution in [0.3, 0.4) is 0 Å². The molecule has 7 nitrogen and oxygen atoms in total. The van der Waals surface area contributed by atoms with E-state index in [1.165, 1.54) is 7.11 Å². The molecule has 7 heteroatoms. The van der Waals surface area contributed by atoms with Gasteiger partial charge < -0.3 is 15.8 Å². The van der Waals surface area contributed by atoms with Gasteiger partial charge in [-0.05, 0) is 18.6 Å². The minimum atomic E-state index is 0.0421. The molecule has 1 aromatic carbocycles. The van der Waals surface area contributed by atoms with E-state index in [9.17, 15) is 0 Å². The number of benzene rings is 1. The molecule has 0 saturated carbocycles. The Morgan fingerprint density at radius 2 is 2.11 bits per heavy atom. The van der Waals surface area contributed by atoms with E-state index in [-0.39, 0.29) is 17.9 Å². The van der Waals surface area contributed by atoms with Crippen LogP contribution in [0.15, 0.2) is 18.2 Å². The Morgan fingerprint density at radius 1 is 1.32 bits per heavy atom. The van der Waals surface area contributed by atoms with Gasteiger partial charge in [-0.1, -0.05) is 12.1 Å². The Bertz CT molecular complexity index is 649. The fraction of sp³-hybridized carbons (Fsp3) is 0.167. The first-order valence-electron chi connectivity index (χ1n) is 5.46. The van der Waals surface area contributed by atoms with Crippen LogP contribution in [-0.4, -0.2) is 22.1 Å². The highest BCUT2D eigenvalue weighted by Gasteiger charge is 2.09. The fourth-order valence-electron chi connectivity index (χ4n) is 1.56. The van der Waals surface area contributed by atoms with E-state index in [1.54, 1.807) is 6.07 Å². The summed E-state index contributed by atoms with van der Waals surface area (Å²) in [6.45, 7) is 1.85. The van der Waals surface area contributed by atoms with Gasteiger partial charge in [-0.25, -0.2) is 0 Å². The van der Waals surface area contributed by atoms with Crippen LogP contribution < -0.4 is 15.8 Å². The van der Waals surface area contributed by atoms with E-state index in [2.05, 4.69) is 26.3 Å². The van der Waals surface area contributed by atoms with E-state index >= 15 is 0 Å². The summed E-state index contributed by atoms with van der Waals surface area (Å²) in [5, 5.41) is 12.1. The molecular weight excluding hydrogens is 244 g/mol. The summed E-state index contributed by atoms with van der Waals surface area (Å²) in [5.41, 5.74) is 7.54. The highest BCUT2D eigenvalue weighted by molar-refractivity contribution is 5.65. The summed E-state index contributed by atoms with van der Waals surface area (Å²) in [6.07, 6.45) is 0. The van der Waals surface area contributed by atoms with Gasteiger partial charge in [-0.3, -0.25) is 0 Å². The maximum atomic E-state index is 9.14. The van der Waals surface area contributed by atoms with Crippen molar-refractivity contribution in [2.24, 2.45) is 0 Å². The molecule has 1 aromatic heterocycles. The zero-order chi connectivity index (χ0) is 13.8. The Hall–Kier alpha value is -2.88. The summed E-state index contributed by atoms with van der Waals surface area (Å²) in [4.78, 5) is 11.7. The number of hydrogen-bond donors (Lipinski definition) is 2. The van der Waals surface area contributed by atoms with Crippen molar-refractivity contribution in [2.75, 3.05) is 18.2 Å². The zero-order valence-electron chi connectivity index (χ0n) is 10.5. The lowest BCUT2D eigenvalue weighted by Gasteiger charge is -2.09. The normalized spacial score (nSPS) is 9.74. The molecule has 0 amide bonds. The molecule has 0 aliphatic carbocycles. The molecule has 1 heterocycles. The molecule has 2 rings (SSSR count). The Labute approximate surface area is 110 Å². The van der Waals surface area contributed by atoms with Crippen LogP contribution >= 0.6 is 0 Å². The summed E-state index contributed by atoms with van der Waals surface area (Å²) in [7, 11) is 1.44. The molecule has 2 aromatic rings. The molecule has 96 valence electrons. The third-order valence-corrected chi connectivity index (χ3v) is 2.45. The molecule has 0 radical (unpaired) electrons. The smallest absolute Gasteiger partial charge is 0.322 e. The van der Waals surface area contributed by atoms with Crippen molar-refractivity contribution in [3.8, 4) is 12.1 Å². The molecular formula is C12H12N6O. The molecule has 0 atom stereocenters. The van der Waals surface area contributed by atoms with E-state index in [0.29, 0.717) is 11.3 Å². The monoisotopic (exact) mass is 256 g/mol. The van der Waals surface area contributed by atoms with Crippen molar-refractivity contribution in [1.29, 1.82) is 5.26 Å². The van der Waals surface area contributed by atoms with Crippen molar-refractivity contribution in [3.63, 3.8) is 0 Å². The predicted molar refractivity (Wildman–Crippen MR) is 70.0 cm³/mol. The standard InChI is InChI=1S/C12H12N6O/c1-7-4-3-5-9(8(7)6-13)15-11-16-10(14)17-12(18-11)19-2/h3-5H,1-2H3,(H3,14,15,16,17,18). The SMILES string of the molecule is COc1nc(N)nc(Nc2cccc(C)c2C#N)n1. The number of nitriles is 1. The third-order valence-electron chi connectivity index (χ3n) is 2.45. The van der Waals surface area contributed by atoms with Gasteiger partial charge in [0.25, 0.3) is 0 Å². The molecule has 0 aliphatic rings. The van der Waals surface area contributed by atoms with E-state index < -0.39 is 0 Å². The number of methoxy groups -OCH3 is 1. The van der Waals surface area contributed by atoms with Gasteiger partial charge in [0.1, 0.15) is 6.07 Å². The molecule has 0 spiro atoms. The maximum Gasteiger partial charge on any atom is 0.322 e. The lowest BCUT2D eigenvalue weighted by Crippen LogP contribution is -2.06. The molecule has 0 aliphatic heterocycles. The largest absolute Gasteiger partial charge is 0.467 e. The Morgan fingerprint density at radius 3 is 2.79 bits per heavy atom. The highest BCUT2D eigenvalue weighted by Crippen LogP contribution is 2.22. The molecule has 19 heavy (non-hydrogen) atoms. The van der Waals surface area contributed by atoms with Gasteiger partial charge in [-0.2, -0.15) is 20.2 Å². The van der Waals surface area contributed by atoms with Gasteiger partial charge in [0, 0.05) is 0 Å². The number of anilines is 3. The average molecular weight is 256 g/mol. The molecule has 0 unspecified atom stereocenters. The number of nitrogens with one attached hydrogen (secondary N) is 1. The van der Waals surface area contributed by atoms with Crippen molar-refractivity contribution in [2.45, 2.75) is 6.92 Å². The molecule has 0 saturated heterocycles. The first-order valence-corrected chi connectivity index (χ1v) is 5.46. The number of nitrogens with two attached hydrogens (primary N) is 1. The van der Waals surface area contributed by atoms with Crippen LogP contribution in [-0.2, 0) is 0 Å². The second-order valence-corrected chi connectivity index (χ2v) is 3.74. The summed E-state index contributed by atoms with van der Waals surface area (Å²) >= 11 is 0. The van der Waals surface area contributed by atoms with Crippen LogP contribution in [0.5, 0.6) is 6.01 Å². The van der Waals surface area contributed by atoms with Crippen molar-refractivity contribution < 1.29 is 4.74 Å². The quantitative estimate of drug-likeness (QED) is 0.853. The molecule has 0 bridgehead atoms. The van der Waals surface area contributed by atoms with Gasteiger partial charge in [-0.15, -0.1) is 0 Å². The number of ether oxygens (including phenoxy) is 1. The summed E-state index contributed by atoms with van der Waals surface area (Å²) in [6, 6.07) is 7.69. The second kappa shape index (κ2) is 5.18. The van der Waals surface area contributed by atoms with Crippen molar-refractivity contribution in [3.05, 3.63) is 29.3 Å². The van der Waals surface area contributed by atoms with E-state index in [1.807, 2.05) is 19.1 Å². The second-order valence-electron chi connectivity index (χ2n) is 3.74. The zero-order valence-corrected chi connectivity index (χ0v) is 10.5. The lowest BCUT2D eigenvalue weighted by atomic mass is 10.1. The first-order chi connectivity index (χ1) is 9.13. The first kappa shape index (κ1) is 12.6. The number of aromatic nitrogens is 3. The highest BCUT2D eigenvalue weighted by atomic mass is 16.5. The summed E-state index contributed by atoms with van der Waals surface area (Å²) in [5.74, 6) is 0.270. The molecule has 0 fully saturated rings. The molecule has 3 N–H and O–H groups in total. The Balaban J connectivity index is 2.39. The third kappa shape index (κ3) is 2.69. The van der Waals surface area contributed by atoms with Crippen LogP contribution in [0.2, 0.25) is 0 Å². The number of nitrogen functional groups attached to an aromatic ring is 1. The van der Waals surface area contributed by atoms with Crippen LogP contribution in [0.1, 0.15) is 11.1 Å². The van der Waals surface area contributed by atoms with Gasteiger partial charge >= 0.3 is 6.01 Å².